The maximum absolute atomic E-state index is 13.6. The average molecular weight is 458 g/mol. The molecule has 0 radical (unpaired) electrons. The molecule has 34 heavy (non-hydrogen) atoms. The van der Waals surface area contributed by atoms with E-state index in [1.807, 2.05) is 71.3 Å². The minimum atomic E-state index is -0.387. The average Bonchev–Trinajstić information content (AvgIpc) is 3.24. The van der Waals surface area contributed by atoms with Gasteiger partial charge >= 0.3 is 5.69 Å². The molecule has 0 bridgehead atoms. The second-order valence-electron chi connectivity index (χ2n) is 8.65. The number of anilines is 2. The van der Waals surface area contributed by atoms with Gasteiger partial charge in [-0.3, -0.25) is 13.9 Å². The number of allylic oxidation sites excluding steroid dienone is 1. The van der Waals surface area contributed by atoms with Crippen LogP contribution < -0.4 is 20.9 Å². The van der Waals surface area contributed by atoms with Crippen LogP contribution in [0.3, 0.4) is 0 Å². The zero-order chi connectivity index (χ0) is 23.8. The van der Waals surface area contributed by atoms with Crippen LogP contribution in [0.15, 0.2) is 70.3 Å². The van der Waals surface area contributed by atoms with Gasteiger partial charge in [0.2, 0.25) is 5.95 Å². The molecule has 8 heteroatoms. The van der Waals surface area contributed by atoms with E-state index in [0.29, 0.717) is 23.7 Å². The number of benzene rings is 2. The van der Waals surface area contributed by atoms with E-state index in [4.69, 9.17) is 9.72 Å². The molecule has 0 amide bonds. The first kappa shape index (κ1) is 21.8. The molecular weight excluding hydrogens is 430 g/mol. The second kappa shape index (κ2) is 8.70. The number of ether oxygens (including phenoxy) is 1. The van der Waals surface area contributed by atoms with Crippen molar-refractivity contribution < 1.29 is 4.74 Å². The van der Waals surface area contributed by atoms with Crippen molar-refractivity contribution in [1.29, 1.82) is 0 Å². The fourth-order valence-corrected chi connectivity index (χ4v) is 4.58. The quantitative estimate of drug-likeness (QED) is 0.459. The summed E-state index contributed by atoms with van der Waals surface area (Å²) in [5, 5.41) is 0. The van der Waals surface area contributed by atoms with Gasteiger partial charge in [0.05, 0.1) is 12.8 Å². The SMILES string of the molecule is COc1ccccc1N1CC(C)Cn2c1nc1c2c(=O)n(C/C=C/c2ccccc2)c(=O)n1C. The third kappa shape index (κ3) is 3.61. The highest BCUT2D eigenvalue weighted by Gasteiger charge is 2.30. The monoisotopic (exact) mass is 457 g/mol. The Kier molecular flexibility index (Phi) is 5.57. The number of nitrogens with zero attached hydrogens (tertiary/aromatic N) is 5. The Morgan fingerprint density at radius 3 is 2.56 bits per heavy atom. The Balaban J connectivity index is 1.65. The number of imidazole rings is 1. The first-order chi connectivity index (χ1) is 16.5. The summed E-state index contributed by atoms with van der Waals surface area (Å²) in [6.45, 7) is 3.69. The van der Waals surface area contributed by atoms with Crippen LogP contribution in [0.25, 0.3) is 17.2 Å². The van der Waals surface area contributed by atoms with E-state index in [1.54, 1.807) is 14.2 Å². The molecule has 174 valence electrons. The Morgan fingerprint density at radius 1 is 1.06 bits per heavy atom. The third-order valence-corrected chi connectivity index (χ3v) is 6.22. The van der Waals surface area contributed by atoms with Gasteiger partial charge in [0.1, 0.15) is 5.75 Å². The van der Waals surface area contributed by atoms with Gasteiger partial charge in [0.15, 0.2) is 11.2 Å². The van der Waals surface area contributed by atoms with Crippen LogP contribution in [0.4, 0.5) is 11.6 Å². The molecule has 1 aliphatic rings. The van der Waals surface area contributed by atoms with Gasteiger partial charge in [-0.05, 0) is 23.6 Å². The van der Waals surface area contributed by atoms with E-state index in [1.165, 1.54) is 9.13 Å². The number of methoxy groups -OCH3 is 1. The third-order valence-electron chi connectivity index (χ3n) is 6.22. The van der Waals surface area contributed by atoms with Crippen LogP contribution in [0.5, 0.6) is 5.75 Å². The van der Waals surface area contributed by atoms with Gasteiger partial charge in [-0.1, -0.05) is 61.5 Å². The molecule has 2 aromatic heterocycles. The van der Waals surface area contributed by atoms with Crippen molar-refractivity contribution in [2.45, 2.75) is 20.0 Å². The molecule has 5 rings (SSSR count). The zero-order valence-electron chi connectivity index (χ0n) is 19.5. The number of hydrogen-bond acceptors (Lipinski definition) is 5. The predicted molar refractivity (Wildman–Crippen MR) is 134 cm³/mol. The summed E-state index contributed by atoms with van der Waals surface area (Å²) in [5.41, 5.74) is 2.01. The van der Waals surface area contributed by atoms with E-state index in [9.17, 15) is 9.59 Å². The fraction of sp³-hybridized carbons (Fsp3) is 0.269. The molecule has 0 N–H and O–H groups in total. The van der Waals surface area contributed by atoms with Crippen molar-refractivity contribution in [2.75, 3.05) is 18.6 Å². The number of fused-ring (bicyclic) bond motifs is 3. The second-order valence-corrected chi connectivity index (χ2v) is 8.65. The molecule has 8 nitrogen and oxygen atoms in total. The molecule has 0 saturated carbocycles. The molecular formula is C26H27N5O3. The van der Waals surface area contributed by atoms with E-state index in [2.05, 4.69) is 11.8 Å². The Hall–Kier alpha value is -4.07. The van der Waals surface area contributed by atoms with Gasteiger partial charge in [0, 0.05) is 26.7 Å². The normalized spacial score (nSPS) is 15.7. The lowest BCUT2D eigenvalue weighted by molar-refractivity contribution is 0.409. The summed E-state index contributed by atoms with van der Waals surface area (Å²) in [6.07, 6.45) is 3.74. The first-order valence-electron chi connectivity index (χ1n) is 11.3. The minimum Gasteiger partial charge on any atom is -0.495 e. The van der Waals surface area contributed by atoms with E-state index < -0.39 is 0 Å². The standard InChI is InChI=1S/C26H27N5O3/c1-18-16-30(20-13-7-8-14-21(20)34-3)25-27-23-22(31(25)17-18)24(32)29(26(33)28(23)2)15-9-12-19-10-5-4-6-11-19/h4-14,18H,15-17H2,1-3H3/b12-9+. The predicted octanol–water partition coefficient (Wildman–Crippen LogP) is 3.41. The van der Waals surface area contributed by atoms with Crippen LogP contribution >= 0.6 is 0 Å². The maximum atomic E-state index is 13.6. The molecule has 2 aromatic carbocycles. The number of aromatic nitrogens is 4. The lowest BCUT2D eigenvalue weighted by atomic mass is 10.1. The van der Waals surface area contributed by atoms with E-state index in [0.717, 1.165) is 23.5 Å². The van der Waals surface area contributed by atoms with Crippen LogP contribution in [0.1, 0.15) is 12.5 Å². The highest BCUT2D eigenvalue weighted by Crippen LogP contribution is 2.37. The largest absolute Gasteiger partial charge is 0.495 e. The molecule has 4 aromatic rings. The van der Waals surface area contributed by atoms with Crippen molar-refractivity contribution in [2.24, 2.45) is 13.0 Å². The number of hydrogen-bond donors (Lipinski definition) is 0. The number of aryl methyl sites for hydroxylation is 1. The van der Waals surface area contributed by atoms with Crippen molar-refractivity contribution >= 4 is 28.9 Å². The van der Waals surface area contributed by atoms with Crippen LogP contribution in [-0.4, -0.2) is 32.3 Å². The molecule has 0 fully saturated rings. The summed E-state index contributed by atoms with van der Waals surface area (Å²) < 4.78 is 10.3. The highest BCUT2D eigenvalue weighted by molar-refractivity contribution is 5.78. The molecule has 1 aliphatic heterocycles. The maximum Gasteiger partial charge on any atom is 0.332 e. The highest BCUT2D eigenvalue weighted by atomic mass is 16.5. The van der Waals surface area contributed by atoms with Gasteiger partial charge in [-0.2, -0.15) is 4.98 Å². The van der Waals surface area contributed by atoms with Gasteiger partial charge in [-0.25, -0.2) is 4.79 Å². The van der Waals surface area contributed by atoms with Crippen molar-refractivity contribution in [3.8, 4) is 5.75 Å². The minimum absolute atomic E-state index is 0.183. The smallest absolute Gasteiger partial charge is 0.332 e. The summed E-state index contributed by atoms with van der Waals surface area (Å²) >= 11 is 0. The summed E-state index contributed by atoms with van der Waals surface area (Å²) in [4.78, 5) is 33.5. The van der Waals surface area contributed by atoms with Crippen LogP contribution in [0.2, 0.25) is 0 Å². The van der Waals surface area contributed by atoms with Gasteiger partial charge in [0.25, 0.3) is 5.56 Å². The van der Waals surface area contributed by atoms with Crippen LogP contribution in [-0.2, 0) is 20.1 Å². The molecule has 1 unspecified atom stereocenters. The zero-order valence-corrected chi connectivity index (χ0v) is 19.5. The molecule has 1 atom stereocenters. The summed E-state index contributed by atoms with van der Waals surface area (Å²) in [7, 11) is 3.30. The van der Waals surface area contributed by atoms with Gasteiger partial charge in [-0.15, -0.1) is 0 Å². The number of para-hydroxylation sites is 2. The Bertz CT molecular complexity index is 1500. The fourth-order valence-electron chi connectivity index (χ4n) is 4.58. The van der Waals surface area contributed by atoms with Crippen molar-refractivity contribution in [3.63, 3.8) is 0 Å². The van der Waals surface area contributed by atoms with E-state index >= 15 is 0 Å². The van der Waals surface area contributed by atoms with Crippen molar-refractivity contribution in [3.05, 3.63) is 87.1 Å². The lowest BCUT2D eigenvalue weighted by Gasteiger charge is -2.33. The Morgan fingerprint density at radius 2 is 1.79 bits per heavy atom. The summed E-state index contributed by atoms with van der Waals surface area (Å²) in [5.74, 6) is 1.63. The number of rotatable bonds is 5. The van der Waals surface area contributed by atoms with E-state index in [-0.39, 0.29) is 23.7 Å². The first-order valence-corrected chi connectivity index (χ1v) is 11.3. The topological polar surface area (TPSA) is 74.3 Å². The molecule has 0 saturated heterocycles. The van der Waals surface area contributed by atoms with Crippen LogP contribution in [0, 0.1) is 5.92 Å². The molecule has 3 heterocycles. The van der Waals surface area contributed by atoms with Crippen molar-refractivity contribution in [1.82, 2.24) is 18.7 Å². The van der Waals surface area contributed by atoms with Gasteiger partial charge < -0.3 is 14.2 Å². The Labute approximate surface area is 197 Å². The molecule has 0 aliphatic carbocycles. The lowest BCUT2D eigenvalue weighted by Crippen LogP contribution is -2.40. The summed E-state index contributed by atoms with van der Waals surface area (Å²) in [6, 6.07) is 17.5. The molecule has 0 spiro atoms.